The van der Waals surface area contributed by atoms with Gasteiger partial charge in [-0.1, -0.05) is 0 Å². The van der Waals surface area contributed by atoms with E-state index >= 15 is 0 Å². The molecule has 2 atom stereocenters. The largest absolute Gasteiger partial charge is 0.317 e. The molecule has 0 aromatic heterocycles. The van der Waals surface area contributed by atoms with E-state index in [2.05, 4.69) is 22.6 Å². The van der Waals surface area contributed by atoms with E-state index in [-0.39, 0.29) is 0 Å². The van der Waals surface area contributed by atoms with E-state index in [1.54, 1.807) is 0 Å². The summed E-state index contributed by atoms with van der Waals surface area (Å²) in [4.78, 5) is 2.69. The third kappa shape index (κ3) is 2.47. The fourth-order valence-corrected chi connectivity index (χ4v) is 2.78. The summed E-state index contributed by atoms with van der Waals surface area (Å²) in [6.07, 6.45) is 5.44. The lowest BCUT2D eigenvalue weighted by molar-refractivity contribution is 0.209. The summed E-state index contributed by atoms with van der Waals surface area (Å²) in [6, 6.07) is 1.63. The molecule has 0 aromatic rings. The van der Waals surface area contributed by atoms with E-state index in [0.717, 1.165) is 12.1 Å². The SMILES string of the molecule is CNC1CCC(N2CCCNCC2)C1. The average molecular weight is 197 g/mol. The highest BCUT2D eigenvalue weighted by atomic mass is 15.2. The van der Waals surface area contributed by atoms with E-state index < -0.39 is 0 Å². The van der Waals surface area contributed by atoms with Crippen LogP contribution in [-0.2, 0) is 0 Å². The quantitative estimate of drug-likeness (QED) is 0.672. The molecule has 0 aromatic carbocycles. The van der Waals surface area contributed by atoms with Gasteiger partial charge >= 0.3 is 0 Å². The molecule has 2 unspecified atom stereocenters. The van der Waals surface area contributed by atoms with Crippen LogP contribution >= 0.6 is 0 Å². The molecule has 1 heterocycles. The highest BCUT2D eigenvalue weighted by Gasteiger charge is 2.28. The van der Waals surface area contributed by atoms with Crippen LogP contribution in [0.25, 0.3) is 0 Å². The third-order valence-corrected chi connectivity index (χ3v) is 3.70. The lowest BCUT2D eigenvalue weighted by Gasteiger charge is -2.27. The first-order chi connectivity index (χ1) is 6.90. The van der Waals surface area contributed by atoms with E-state index in [1.165, 1.54) is 51.9 Å². The van der Waals surface area contributed by atoms with Gasteiger partial charge in [-0.15, -0.1) is 0 Å². The first kappa shape index (κ1) is 10.4. The molecule has 14 heavy (non-hydrogen) atoms. The molecular weight excluding hydrogens is 174 g/mol. The molecule has 2 fully saturated rings. The normalized spacial score (nSPS) is 35.8. The van der Waals surface area contributed by atoms with Crippen molar-refractivity contribution in [1.82, 2.24) is 15.5 Å². The Kier molecular flexibility index (Phi) is 3.79. The Morgan fingerprint density at radius 3 is 2.93 bits per heavy atom. The van der Waals surface area contributed by atoms with Crippen molar-refractivity contribution in [2.24, 2.45) is 0 Å². The van der Waals surface area contributed by atoms with Gasteiger partial charge in [-0.2, -0.15) is 0 Å². The van der Waals surface area contributed by atoms with Crippen LogP contribution in [0.15, 0.2) is 0 Å². The molecule has 3 nitrogen and oxygen atoms in total. The molecule has 0 spiro atoms. The van der Waals surface area contributed by atoms with Crippen molar-refractivity contribution in [3.63, 3.8) is 0 Å². The zero-order valence-corrected chi connectivity index (χ0v) is 9.26. The van der Waals surface area contributed by atoms with Crippen LogP contribution in [0.5, 0.6) is 0 Å². The molecular formula is C11H23N3. The van der Waals surface area contributed by atoms with Crippen LogP contribution in [-0.4, -0.2) is 50.2 Å². The molecule has 1 saturated heterocycles. The molecule has 3 heteroatoms. The van der Waals surface area contributed by atoms with Gasteiger partial charge < -0.3 is 10.6 Å². The van der Waals surface area contributed by atoms with Gasteiger partial charge in [0.05, 0.1) is 0 Å². The van der Waals surface area contributed by atoms with Gasteiger partial charge in [0.2, 0.25) is 0 Å². The monoisotopic (exact) mass is 197 g/mol. The minimum absolute atomic E-state index is 0.774. The van der Waals surface area contributed by atoms with E-state index in [9.17, 15) is 0 Å². The summed E-state index contributed by atoms with van der Waals surface area (Å²) in [5.41, 5.74) is 0. The van der Waals surface area contributed by atoms with Crippen molar-refractivity contribution < 1.29 is 0 Å². The second kappa shape index (κ2) is 5.10. The summed E-state index contributed by atoms with van der Waals surface area (Å²) in [5.74, 6) is 0. The van der Waals surface area contributed by atoms with E-state index in [4.69, 9.17) is 0 Å². The lowest BCUT2D eigenvalue weighted by Crippen LogP contribution is -2.37. The Bertz CT molecular complexity index is 164. The highest BCUT2D eigenvalue weighted by molar-refractivity contribution is 4.87. The maximum absolute atomic E-state index is 3.47. The summed E-state index contributed by atoms with van der Waals surface area (Å²) in [7, 11) is 2.09. The van der Waals surface area contributed by atoms with Crippen LogP contribution in [0, 0.1) is 0 Å². The molecule has 0 bridgehead atoms. The van der Waals surface area contributed by atoms with Gasteiger partial charge in [-0.25, -0.2) is 0 Å². The highest BCUT2D eigenvalue weighted by Crippen LogP contribution is 2.24. The Hall–Kier alpha value is -0.120. The van der Waals surface area contributed by atoms with Gasteiger partial charge in [0.1, 0.15) is 0 Å². The van der Waals surface area contributed by atoms with Gasteiger partial charge in [-0.05, 0) is 45.8 Å². The average Bonchev–Trinajstić information content (AvgIpc) is 2.53. The maximum Gasteiger partial charge on any atom is 0.0111 e. The Balaban J connectivity index is 1.82. The zero-order valence-electron chi connectivity index (χ0n) is 9.26. The smallest absolute Gasteiger partial charge is 0.0111 e. The molecule has 0 radical (unpaired) electrons. The van der Waals surface area contributed by atoms with Gasteiger partial charge in [0, 0.05) is 25.2 Å². The minimum Gasteiger partial charge on any atom is -0.317 e. The number of hydrogen-bond donors (Lipinski definition) is 2. The number of nitrogens with zero attached hydrogens (tertiary/aromatic N) is 1. The molecule has 2 aliphatic rings. The minimum atomic E-state index is 0.774. The first-order valence-electron chi connectivity index (χ1n) is 6.02. The van der Waals surface area contributed by atoms with Gasteiger partial charge in [0.25, 0.3) is 0 Å². The van der Waals surface area contributed by atoms with Crippen LogP contribution in [0.3, 0.4) is 0 Å². The van der Waals surface area contributed by atoms with Crippen molar-refractivity contribution in [1.29, 1.82) is 0 Å². The molecule has 2 N–H and O–H groups in total. The third-order valence-electron chi connectivity index (χ3n) is 3.70. The number of nitrogens with one attached hydrogen (secondary N) is 2. The Labute approximate surface area is 87.2 Å². The van der Waals surface area contributed by atoms with Gasteiger partial charge in [-0.3, -0.25) is 4.90 Å². The van der Waals surface area contributed by atoms with Crippen molar-refractivity contribution in [2.45, 2.75) is 37.8 Å². The molecule has 82 valence electrons. The van der Waals surface area contributed by atoms with Crippen LogP contribution in [0.1, 0.15) is 25.7 Å². The Morgan fingerprint density at radius 2 is 2.14 bits per heavy atom. The van der Waals surface area contributed by atoms with E-state index in [0.29, 0.717) is 0 Å². The topological polar surface area (TPSA) is 27.3 Å². The molecule has 1 aliphatic carbocycles. The second-order valence-electron chi connectivity index (χ2n) is 4.59. The molecule has 1 aliphatic heterocycles. The fraction of sp³-hybridized carbons (Fsp3) is 1.00. The predicted octanol–water partition coefficient (Wildman–Crippen LogP) is 0.422. The fourth-order valence-electron chi connectivity index (χ4n) is 2.78. The predicted molar refractivity (Wildman–Crippen MR) is 59.5 cm³/mol. The van der Waals surface area contributed by atoms with Crippen LogP contribution in [0.2, 0.25) is 0 Å². The Morgan fingerprint density at radius 1 is 1.21 bits per heavy atom. The summed E-state index contributed by atoms with van der Waals surface area (Å²) in [6.45, 7) is 4.94. The summed E-state index contributed by atoms with van der Waals surface area (Å²) < 4.78 is 0. The maximum atomic E-state index is 3.47. The lowest BCUT2D eigenvalue weighted by atomic mass is 10.2. The number of rotatable bonds is 2. The van der Waals surface area contributed by atoms with Crippen molar-refractivity contribution in [2.75, 3.05) is 33.2 Å². The number of hydrogen-bond acceptors (Lipinski definition) is 3. The zero-order chi connectivity index (χ0) is 9.80. The summed E-state index contributed by atoms with van der Waals surface area (Å²) in [5, 5.41) is 6.87. The molecule has 0 amide bonds. The molecule has 1 saturated carbocycles. The van der Waals surface area contributed by atoms with Crippen molar-refractivity contribution in [3.8, 4) is 0 Å². The van der Waals surface area contributed by atoms with Crippen LogP contribution in [0.4, 0.5) is 0 Å². The standard InChI is InChI=1S/C11H23N3/c1-12-10-3-4-11(9-10)14-7-2-5-13-6-8-14/h10-13H,2-9H2,1H3. The first-order valence-corrected chi connectivity index (χ1v) is 6.02. The van der Waals surface area contributed by atoms with Crippen molar-refractivity contribution >= 4 is 0 Å². The van der Waals surface area contributed by atoms with E-state index in [1.807, 2.05) is 0 Å². The summed E-state index contributed by atoms with van der Waals surface area (Å²) >= 11 is 0. The second-order valence-corrected chi connectivity index (χ2v) is 4.59. The van der Waals surface area contributed by atoms with Crippen molar-refractivity contribution in [3.05, 3.63) is 0 Å². The van der Waals surface area contributed by atoms with Gasteiger partial charge in [0.15, 0.2) is 0 Å². The molecule has 2 rings (SSSR count). The van der Waals surface area contributed by atoms with Crippen LogP contribution < -0.4 is 10.6 Å².